The van der Waals surface area contributed by atoms with E-state index in [1.807, 2.05) is 19.1 Å². The van der Waals surface area contributed by atoms with Crippen molar-refractivity contribution in [3.63, 3.8) is 0 Å². The zero-order valence-electron chi connectivity index (χ0n) is 8.85. The molecule has 1 atom stereocenters. The van der Waals surface area contributed by atoms with Crippen LogP contribution in [0.1, 0.15) is 12.7 Å². The minimum absolute atomic E-state index is 0.0238. The third-order valence-corrected chi connectivity index (χ3v) is 2.32. The second kappa shape index (κ2) is 4.63. The van der Waals surface area contributed by atoms with Crippen LogP contribution in [0, 0.1) is 0 Å². The van der Waals surface area contributed by atoms with Gasteiger partial charge < -0.3 is 10.3 Å². The first kappa shape index (κ1) is 11.1. The molecule has 5 heteroatoms. The average molecular weight is 238 g/mol. The normalized spacial score (nSPS) is 12.7. The van der Waals surface area contributed by atoms with Crippen LogP contribution in [0.4, 0.5) is 0 Å². The molecule has 1 unspecified atom stereocenters. The number of aromatic nitrogens is 2. The second-order valence-corrected chi connectivity index (χ2v) is 4.14. The summed E-state index contributed by atoms with van der Waals surface area (Å²) in [6.07, 6.45) is 0.608. The Morgan fingerprint density at radius 2 is 2.06 bits per heavy atom. The standard InChI is InChI=1S/C11H12ClN3O/c1-7(13)6-10-14-11(16-15-10)8-2-4-9(12)5-3-8/h2-5,7H,6,13H2,1H3. The number of hydrogen-bond donors (Lipinski definition) is 1. The van der Waals surface area contributed by atoms with E-state index in [0.29, 0.717) is 23.2 Å². The van der Waals surface area contributed by atoms with E-state index in [4.69, 9.17) is 21.9 Å². The van der Waals surface area contributed by atoms with Gasteiger partial charge in [-0.3, -0.25) is 0 Å². The van der Waals surface area contributed by atoms with Gasteiger partial charge in [-0.15, -0.1) is 0 Å². The number of nitrogens with two attached hydrogens (primary N) is 1. The summed E-state index contributed by atoms with van der Waals surface area (Å²) in [4.78, 5) is 4.25. The molecular weight excluding hydrogens is 226 g/mol. The lowest BCUT2D eigenvalue weighted by Gasteiger charge is -1.97. The van der Waals surface area contributed by atoms with Crippen molar-refractivity contribution in [2.75, 3.05) is 0 Å². The molecule has 0 spiro atoms. The molecule has 16 heavy (non-hydrogen) atoms. The van der Waals surface area contributed by atoms with Crippen molar-refractivity contribution >= 4 is 11.6 Å². The molecule has 0 aliphatic carbocycles. The van der Waals surface area contributed by atoms with Gasteiger partial charge in [0.1, 0.15) is 0 Å². The minimum Gasteiger partial charge on any atom is -0.334 e. The lowest BCUT2D eigenvalue weighted by Crippen LogP contribution is -2.18. The second-order valence-electron chi connectivity index (χ2n) is 3.70. The molecule has 0 aliphatic rings. The Bertz CT molecular complexity index is 464. The smallest absolute Gasteiger partial charge is 0.257 e. The van der Waals surface area contributed by atoms with E-state index in [9.17, 15) is 0 Å². The molecule has 0 aliphatic heterocycles. The fourth-order valence-electron chi connectivity index (χ4n) is 1.33. The number of benzene rings is 1. The maximum absolute atomic E-state index is 5.79. The van der Waals surface area contributed by atoms with Crippen molar-refractivity contribution < 1.29 is 4.52 Å². The quantitative estimate of drug-likeness (QED) is 0.890. The van der Waals surface area contributed by atoms with Crippen molar-refractivity contribution in [1.29, 1.82) is 0 Å². The minimum atomic E-state index is 0.0238. The van der Waals surface area contributed by atoms with Crippen molar-refractivity contribution in [1.82, 2.24) is 10.1 Å². The highest BCUT2D eigenvalue weighted by Crippen LogP contribution is 2.19. The highest BCUT2D eigenvalue weighted by Gasteiger charge is 2.09. The monoisotopic (exact) mass is 237 g/mol. The van der Waals surface area contributed by atoms with E-state index in [2.05, 4.69) is 10.1 Å². The Kier molecular flexibility index (Phi) is 3.22. The molecule has 0 bridgehead atoms. The van der Waals surface area contributed by atoms with Crippen molar-refractivity contribution in [3.8, 4) is 11.5 Å². The van der Waals surface area contributed by atoms with E-state index >= 15 is 0 Å². The molecule has 1 aromatic carbocycles. The van der Waals surface area contributed by atoms with Gasteiger partial charge in [-0.1, -0.05) is 16.8 Å². The summed E-state index contributed by atoms with van der Waals surface area (Å²) in [5, 5.41) is 4.54. The molecule has 2 aromatic rings. The van der Waals surface area contributed by atoms with Gasteiger partial charge in [0.05, 0.1) is 0 Å². The van der Waals surface area contributed by atoms with Gasteiger partial charge in [-0.25, -0.2) is 0 Å². The third-order valence-electron chi connectivity index (χ3n) is 2.06. The van der Waals surface area contributed by atoms with Crippen LogP contribution in [0.3, 0.4) is 0 Å². The zero-order chi connectivity index (χ0) is 11.5. The van der Waals surface area contributed by atoms with Crippen LogP contribution < -0.4 is 5.73 Å². The Balaban J connectivity index is 2.21. The topological polar surface area (TPSA) is 64.9 Å². The Morgan fingerprint density at radius 1 is 1.38 bits per heavy atom. The van der Waals surface area contributed by atoms with Crippen LogP contribution in [0.15, 0.2) is 28.8 Å². The Labute approximate surface area is 98.4 Å². The molecular formula is C11H12ClN3O. The highest BCUT2D eigenvalue weighted by molar-refractivity contribution is 6.30. The molecule has 2 rings (SSSR count). The van der Waals surface area contributed by atoms with Crippen molar-refractivity contribution in [3.05, 3.63) is 35.1 Å². The molecule has 0 radical (unpaired) electrons. The summed E-state index contributed by atoms with van der Waals surface area (Å²) in [6.45, 7) is 1.90. The average Bonchev–Trinajstić information content (AvgIpc) is 2.66. The van der Waals surface area contributed by atoms with Gasteiger partial charge in [0, 0.05) is 23.0 Å². The molecule has 1 heterocycles. The summed E-state index contributed by atoms with van der Waals surface area (Å²) in [7, 11) is 0. The molecule has 84 valence electrons. The van der Waals surface area contributed by atoms with E-state index in [1.165, 1.54) is 0 Å². The molecule has 1 aromatic heterocycles. The first-order valence-electron chi connectivity index (χ1n) is 4.99. The van der Waals surface area contributed by atoms with Gasteiger partial charge in [0.2, 0.25) is 0 Å². The number of hydrogen-bond acceptors (Lipinski definition) is 4. The maximum Gasteiger partial charge on any atom is 0.257 e. The summed E-state index contributed by atoms with van der Waals surface area (Å²) < 4.78 is 5.13. The third kappa shape index (κ3) is 2.59. The van der Waals surface area contributed by atoms with Gasteiger partial charge >= 0.3 is 0 Å². The van der Waals surface area contributed by atoms with E-state index in [0.717, 1.165) is 5.56 Å². The van der Waals surface area contributed by atoms with Gasteiger partial charge in [-0.2, -0.15) is 4.98 Å². The number of halogens is 1. The molecule has 0 saturated heterocycles. The van der Waals surface area contributed by atoms with E-state index in [1.54, 1.807) is 12.1 Å². The summed E-state index contributed by atoms with van der Waals surface area (Å²) in [6, 6.07) is 7.27. The summed E-state index contributed by atoms with van der Waals surface area (Å²) in [5.41, 5.74) is 6.51. The number of rotatable bonds is 3. The lowest BCUT2D eigenvalue weighted by molar-refractivity contribution is 0.420. The van der Waals surface area contributed by atoms with E-state index in [-0.39, 0.29) is 6.04 Å². The SMILES string of the molecule is CC(N)Cc1noc(-c2ccc(Cl)cc2)n1. The van der Waals surface area contributed by atoms with Crippen LogP contribution in [-0.2, 0) is 6.42 Å². The largest absolute Gasteiger partial charge is 0.334 e. The Morgan fingerprint density at radius 3 is 2.69 bits per heavy atom. The highest BCUT2D eigenvalue weighted by atomic mass is 35.5. The summed E-state index contributed by atoms with van der Waals surface area (Å²) in [5.74, 6) is 1.12. The summed E-state index contributed by atoms with van der Waals surface area (Å²) >= 11 is 5.79. The van der Waals surface area contributed by atoms with E-state index < -0.39 is 0 Å². The number of nitrogens with zero attached hydrogens (tertiary/aromatic N) is 2. The molecule has 0 amide bonds. The van der Waals surface area contributed by atoms with Crippen molar-refractivity contribution in [2.45, 2.75) is 19.4 Å². The van der Waals surface area contributed by atoms with Crippen LogP contribution in [0.2, 0.25) is 5.02 Å². The van der Waals surface area contributed by atoms with Gasteiger partial charge in [0.15, 0.2) is 5.82 Å². The molecule has 0 fully saturated rings. The van der Waals surface area contributed by atoms with Crippen LogP contribution in [0.25, 0.3) is 11.5 Å². The predicted molar refractivity (Wildman–Crippen MR) is 62.1 cm³/mol. The molecule has 2 N–H and O–H groups in total. The van der Waals surface area contributed by atoms with Crippen LogP contribution >= 0.6 is 11.6 Å². The molecule has 0 saturated carbocycles. The van der Waals surface area contributed by atoms with Gasteiger partial charge in [-0.05, 0) is 31.2 Å². The maximum atomic E-state index is 5.79. The first-order chi connectivity index (χ1) is 7.65. The lowest BCUT2D eigenvalue weighted by atomic mass is 10.2. The Hall–Kier alpha value is -1.39. The first-order valence-corrected chi connectivity index (χ1v) is 5.37. The molecule has 4 nitrogen and oxygen atoms in total. The van der Waals surface area contributed by atoms with Crippen molar-refractivity contribution in [2.24, 2.45) is 5.73 Å². The fourth-order valence-corrected chi connectivity index (χ4v) is 1.46. The van der Waals surface area contributed by atoms with Crippen LogP contribution in [0.5, 0.6) is 0 Å². The predicted octanol–water partition coefficient (Wildman–Crippen LogP) is 2.28. The van der Waals surface area contributed by atoms with Gasteiger partial charge in [0.25, 0.3) is 5.89 Å². The fraction of sp³-hybridized carbons (Fsp3) is 0.273. The van der Waals surface area contributed by atoms with Crippen LogP contribution in [-0.4, -0.2) is 16.2 Å². The zero-order valence-corrected chi connectivity index (χ0v) is 9.61.